The van der Waals surface area contributed by atoms with Gasteiger partial charge in [-0.2, -0.15) is 0 Å². The van der Waals surface area contributed by atoms with Gasteiger partial charge in [0.15, 0.2) is 23.9 Å². The number of ether oxygens (including phenoxy) is 3. The van der Waals surface area contributed by atoms with Crippen LogP contribution in [0.2, 0.25) is 0 Å². The third-order valence-electron chi connectivity index (χ3n) is 7.68. The van der Waals surface area contributed by atoms with Crippen molar-refractivity contribution < 1.29 is 33.4 Å². The Labute approximate surface area is 250 Å². The van der Waals surface area contributed by atoms with Gasteiger partial charge >= 0.3 is 5.97 Å². The monoisotopic (exact) mass is 633 g/mol. The van der Waals surface area contributed by atoms with Gasteiger partial charge in [0.2, 0.25) is 12.7 Å². The van der Waals surface area contributed by atoms with Gasteiger partial charge in [-0.3, -0.25) is 24.2 Å². The van der Waals surface area contributed by atoms with Gasteiger partial charge in [-0.25, -0.2) is 9.69 Å². The van der Waals surface area contributed by atoms with E-state index in [1.54, 1.807) is 36.4 Å². The molecule has 2 saturated heterocycles. The Hall–Kier alpha value is -4.06. The van der Waals surface area contributed by atoms with E-state index in [1.807, 2.05) is 18.2 Å². The van der Waals surface area contributed by atoms with Crippen LogP contribution >= 0.6 is 15.9 Å². The van der Waals surface area contributed by atoms with Gasteiger partial charge in [0.1, 0.15) is 0 Å². The molecular formula is C31H28BrN3O7. The number of Topliss-reactive ketones (excluding diaryl/α,β-unsaturated/α-hetero) is 1. The summed E-state index contributed by atoms with van der Waals surface area (Å²) in [5, 5.41) is 0. The van der Waals surface area contributed by atoms with E-state index in [0.29, 0.717) is 24.3 Å². The highest BCUT2D eigenvalue weighted by Crippen LogP contribution is 2.33. The zero-order valence-corrected chi connectivity index (χ0v) is 24.2. The average molecular weight is 634 g/mol. The van der Waals surface area contributed by atoms with Crippen LogP contribution in [-0.4, -0.2) is 79.0 Å². The molecule has 0 saturated carbocycles. The first kappa shape index (κ1) is 28.1. The van der Waals surface area contributed by atoms with Crippen molar-refractivity contribution in [1.29, 1.82) is 0 Å². The molecule has 3 heterocycles. The molecule has 11 heteroatoms. The molecule has 10 nitrogen and oxygen atoms in total. The molecule has 3 aliphatic rings. The number of rotatable bonds is 8. The predicted molar refractivity (Wildman–Crippen MR) is 156 cm³/mol. The summed E-state index contributed by atoms with van der Waals surface area (Å²) in [5.74, 6) is 0.000170. The first-order valence-electron chi connectivity index (χ1n) is 13.6. The number of imide groups is 1. The number of halogens is 1. The summed E-state index contributed by atoms with van der Waals surface area (Å²) in [6.07, 6.45) is 0.114. The maximum Gasteiger partial charge on any atom is 0.338 e. The summed E-state index contributed by atoms with van der Waals surface area (Å²) in [5.41, 5.74) is 2.19. The fourth-order valence-electron chi connectivity index (χ4n) is 5.38. The SMILES string of the molecule is O=C(COC(=O)c1ccc(N2C(=O)CC(N3CCN(Cc4ccc5c(c4)OCO5)CC3)C2=O)cc1)c1ccc(Br)cc1. The molecule has 3 aliphatic heterocycles. The van der Waals surface area contributed by atoms with Crippen LogP contribution in [0.25, 0.3) is 0 Å². The minimum atomic E-state index is -0.664. The molecule has 3 aromatic carbocycles. The summed E-state index contributed by atoms with van der Waals surface area (Å²) in [6, 6.07) is 18.3. The van der Waals surface area contributed by atoms with Crippen molar-refractivity contribution in [3.63, 3.8) is 0 Å². The molecule has 0 bridgehead atoms. The first-order chi connectivity index (χ1) is 20.4. The number of hydrogen-bond acceptors (Lipinski definition) is 9. The van der Waals surface area contributed by atoms with Crippen molar-refractivity contribution in [2.75, 3.05) is 44.5 Å². The van der Waals surface area contributed by atoms with E-state index in [2.05, 4.69) is 25.7 Å². The number of hydrogen-bond donors (Lipinski definition) is 0. The minimum absolute atomic E-state index is 0.114. The van der Waals surface area contributed by atoms with Gasteiger partial charge in [0, 0.05) is 42.8 Å². The highest BCUT2D eigenvalue weighted by Gasteiger charge is 2.43. The molecule has 42 heavy (non-hydrogen) atoms. The van der Waals surface area contributed by atoms with Crippen molar-refractivity contribution in [3.8, 4) is 11.5 Å². The number of carbonyl (C=O) groups is 4. The smallest absolute Gasteiger partial charge is 0.338 e. The number of carbonyl (C=O) groups excluding carboxylic acids is 4. The third-order valence-corrected chi connectivity index (χ3v) is 8.20. The second-order valence-electron chi connectivity index (χ2n) is 10.3. The Morgan fingerprint density at radius 1 is 0.857 bits per heavy atom. The molecule has 0 spiro atoms. The Morgan fingerprint density at radius 3 is 2.29 bits per heavy atom. The lowest BCUT2D eigenvalue weighted by Gasteiger charge is -2.37. The fourth-order valence-corrected chi connectivity index (χ4v) is 5.65. The van der Waals surface area contributed by atoms with Crippen LogP contribution in [0.4, 0.5) is 5.69 Å². The van der Waals surface area contributed by atoms with E-state index >= 15 is 0 Å². The molecule has 6 rings (SSSR count). The van der Waals surface area contributed by atoms with E-state index in [1.165, 1.54) is 17.0 Å². The van der Waals surface area contributed by atoms with Crippen LogP contribution in [0.15, 0.2) is 71.2 Å². The number of benzene rings is 3. The summed E-state index contributed by atoms with van der Waals surface area (Å²) in [7, 11) is 0. The molecule has 2 amide bonds. The Kier molecular flexibility index (Phi) is 8.05. The lowest BCUT2D eigenvalue weighted by Crippen LogP contribution is -2.52. The summed E-state index contributed by atoms with van der Waals surface area (Å²) in [6.45, 7) is 3.51. The Bertz CT molecular complexity index is 1520. The largest absolute Gasteiger partial charge is 0.454 e. The van der Waals surface area contributed by atoms with Crippen LogP contribution in [0.1, 0.15) is 32.7 Å². The van der Waals surface area contributed by atoms with E-state index < -0.39 is 18.6 Å². The van der Waals surface area contributed by atoms with E-state index in [-0.39, 0.29) is 36.4 Å². The maximum atomic E-state index is 13.3. The van der Waals surface area contributed by atoms with Crippen molar-refractivity contribution in [2.24, 2.45) is 0 Å². The van der Waals surface area contributed by atoms with Gasteiger partial charge in [0.25, 0.3) is 5.91 Å². The molecular weight excluding hydrogens is 606 g/mol. The molecule has 0 aliphatic carbocycles. The van der Waals surface area contributed by atoms with Crippen LogP contribution < -0.4 is 14.4 Å². The Balaban J connectivity index is 1.01. The van der Waals surface area contributed by atoms with Gasteiger partial charge in [-0.15, -0.1) is 0 Å². The number of esters is 1. The maximum absolute atomic E-state index is 13.3. The predicted octanol–water partition coefficient (Wildman–Crippen LogP) is 3.67. The molecule has 3 aromatic rings. The van der Waals surface area contributed by atoms with Crippen molar-refractivity contribution in [3.05, 3.63) is 87.9 Å². The fraction of sp³-hybridized carbons (Fsp3) is 0.290. The quantitative estimate of drug-likeness (QED) is 0.209. The zero-order valence-electron chi connectivity index (χ0n) is 22.7. The van der Waals surface area contributed by atoms with E-state index in [9.17, 15) is 19.2 Å². The average Bonchev–Trinajstić information content (AvgIpc) is 3.59. The lowest BCUT2D eigenvalue weighted by atomic mass is 10.1. The second kappa shape index (κ2) is 12.0. The standard InChI is InChI=1S/C31H28BrN3O7/c32-23-6-2-21(3-7-23)26(36)18-40-31(39)22-4-8-24(9-5-22)35-29(37)16-25(30(35)38)34-13-11-33(12-14-34)17-20-1-10-27-28(15-20)42-19-41-27/h1-10,15,25H,11-14,16-19H2. The first-order valence-corrected chi connectivity index (χ1v) is 14.4. The second-order valence-corrected chi connectivity index (χ2v) is 11.3. The van der Waals surface area contributed by atoms with Crippen LogP contribution in [0.5, 0.6) is 11.5 Å². The summed E-state index contributed by atoms with van der Waals surface area (Å²) < 4.78 is 16.9. The third kappa shape index (κ3) is 5.94. The Morgan fingerprint density at radius 2 is 1.55 bits per heavy atom. The van der Waals surface area contributed by atoms with Crippen molar-refractivity contribution in [2.45, 2.75) is 19.0 Å². The van der Waals surface area contributed by atoms with E-state index in [0.717, 1.165) is 41.2 Å². The highest BCUT2D eigenvalue weighted by molar-refractivity contribution is 9.10. The lowest BCUT2D eigenvalue weighted by molar-refractivity contribution is -0.123. The molecule has 0 radical (unpaired) electrons. The van der Waals surface area contributed by atoms with Crippen molar-refractivity contribution >= 4 is 45.2 Å². The topological polar surface area (TPSA) is 106 Å². The molecule has 1 atom stereocenters. The van der Waals surface area contributed by atoms with E-state index in [4.69, 9.17) is 14.2 Å². The summed E-state index contributed by atoms with van der Waals surface area (Å²) in [4.78, 5) is 56.6. The van der Waals surface area contributed by atoms with Crippen LogP contribution in [0.3, 0.4) is 0 Å². The van der Waals surface area contributed by atoms with Crippen molar-refractivity contribution in [1.82, 2.24) is 9.80 Å². The number of anilines is 1. The molecule has 0 aromatic heterocycles. The number of amides is 2. The molecule has 1 unspecified atom stereocenters. The van der Waals surface area contributed by atoms with Gasteiger partial charge < -0.3 is 14.2 Å². The summed E-state index contributed by atoms with van der Waals surface area (Å²) >= 11 is 3.31. The van der Waals surface area contributed by atoms with Gasteiger partial charge in [-0.05, 0) is 54.1 Å². The number of piperazine rings is 1. The normalized spacial score (nSPS) is 18.9. The zero-order chi connectivity index (χ0) is 29.2. The molecule has 0 N–H and O–H groups in total. The minimum Gasteiger partial charge on any atom is -0.454 e. The van der Waals surface area contributed by atoms with Gasteiger partial charge in [0.05, 0.1) is 23.7 Å². The van der Waals surface area contributed by atoms with Crippen LogP contribution in [0, 0.1) is 0 Å². The van der Waals surface area contributed by atoms with Gasteiger partial charge in [-0.1, -0.05) is 34.1 Å². The highest BCUT2D eigenvalue weighted by atomic mass is 79.9. The molecule has 216 valence electrons. The number of fused-ring (bicyclic) bond motifs is 1. The van der Waals surface area contributed by atoms with Crippen LogP contribution in [-0.2, 0) is 20.9 Å². The molecule has 2 fully saturated rings. The number of nitrogens with zero attached hydrogens (tertiary/aromatic N) is 3. The number of ketones is 1.